The zero-order valence-electron chi connectivity index (χ0n) is 8.71. The first kappa shape index (κ1) is 13.7. The molecule has 0 N–H and O–H groups in total. The summed E-state index contributed by atoms with van der Waals surface area (Å²) in [6.07, 6.45) is -5.60. The van der Waals surface area contributed by atoms with Gasteiger partial charge in [0.2, 0.25) is 0 Å². The average molecular weight is 260 g/mol. The van der Waals surface area contributed by atoms with E-state index in [1.54, 1.807) is 6.92 Å². The third kappa shape index (κ3) is 3.58. The Hall–Kier alpha value is -1.32. The molecule has 0 unspecified atom stereocenters. The molecule has 17 heavy (non-hydrogen) atoms. The second-order valence-electron chi connectivity index (χ2n) is 3.20. The van der Waals surface area contributed by atoms with Crippen molar-refractivity contribution in [2.75, 3.05) is 13.2 Å². The lowest BCUT2D eigenvalue weighted by Crippen LogP contribution is -2.41. The molecule has 0 aliphatic heterocycles. The number of hydrogen-bond acceptors (Lipinski definition) is 4. The number of nitrogens with zero attached hydrogens (tertiary/aromatic N) is 4. The van der Waals surface area contributed by atoms with Crippen LogP contribution < -0.4 is 0 Å². The highest BCUT2D eigenvalue weighted by molar-refractivity contribution is 4.75. The number of aryl methyl sites for hydroxylation is 1. The zero-order valence-corrected chi connectivity index (χ0v) is 8.71. The van der Waals surface area contributed by atoms with E-state index in [0.717, 1.165) is 0 Å². The summed E-state index contributed by atoms with van der Waals surface area (Å²) in [6.45, 7) is -0.480. The van der Waals surface area contributed by atoms with Crippen LogP contribution in [0.1, 0.15) is 5.82 Å². The van der Waals surface area contributed by atoms with Crippen molar-refractivity contribution in [1.82, 2.24) is 20.2 Å². The summed E-state index contributed by atoms with van der Waals surface area (Å²) in [5, 5.41) is 10.2. The first-order valence-corrected chi connectivity index (χ1v) is 4.49. The molecular weight excluding hydrogens is 251 g/mol. The molecule has 0 aliphatic rings. The first-order chi connectivity index (χ1) is 7.74. The highest BCUT2D eigenvalue weighted by Crippen LogP contribution is 2.35. The van der Waals surface area contributed by atoms with Crippen molar-refractivity contribution < 1.29 is 26.7 Å². The standard InChI is InChI=1S/C7H9F5N4O/c1-5-13-14-15-16(5)2-3-17-4-6(8,9)7(10,11)12/h2-4H2,1H3. The molecule has 98 valence electrons. The first-order valence-electron chi connectivity index (χ1n) is 4.49. The predicted octanol–water partition coefficient (Wildman–Crippen LogP) is 1.20. The Bertz CT molecular complexity index is 363. The summed E-state index contributed by atoms with van der Waals surface area (Å²) in [5.74, 6) is -4.43. The van der Waals surface area contributed by atoms with Gasteiger partial charge in [-0.1, -0.05) is 0 Å². The van der Waals surface area contributed by atoms with Gasteiger partial charge in [0.1, 0.15) is 12.4 Å². The molecule has 5 nitrogen and oxygen atoms in total. The number of tetrazole rings is 1. The van der Waals surface area contributed by atoms with Crippen LogP contribution in [0.5, 0.6) is 0 Å². The van der Waals surface area contributed by atoms with Gasteiger partial charge < -0.3 is 4.74 Å². The molecule has 1 heterocycles. The molecular formula is C7H9F5N4O. The van der Waals surface area contributed by atoms with Gasteiger partial charge in [0, 0.05) is 0 Å². The van der Waals surface area contributed by atoms with E-state index in [1.807, 2.05) is 0 Å². The molecule has 0 bridgehead atoms. The second-order valence-corrected chi connectivity index (χ2v) is 3.20. The van der Waals surface area contributed by atoms with Crippen molar-refractivity contribution >= 4 is 0 Å². The number of aromatic nitrogens is 4. The Morgan fingerprint density at radius 1 is 1.24 bits per heavy atom. The smallest absolute Gasteiger partial charge is 0.373 e. The summed E-state index contributed by atoms with van der Waals surface area (Å²) in [5.41, 5.74) is 0. The largest absolute Gasteiger partial charge is 0.455 e. The maximum Gasteiger partial charge on any atom is 0.455 e. The number of halogens is 5. The lowest BCUT2D eigenvalue weighted by Gasteiger charge is -2.19. The van der Waals surface area contributed by atoms with Crippen LogP contribution in [0.2, 0.25) is 0 Å². The van der Waals surface area contributed by atoms with Gasteiger partial charge >= 0.3 is 12.1 Å². The highest BCUT2D eigenvalue weighted by atomic mass is 19.4. The molecule has 0 aromatic carbocycles. The topological polar surface area (TPSA) is 52.8 Å². The van der Waals surface area contributed by atoms with Crippen LogP contribution in [-0.2, 0) is 11.3 Å². The van der Waals surface area contributed by atoms with E-state index in [0.29, 0.717) is 5.82 Å². The van der Waals surface area contributed by atoms with Gasteiger partial charge in [-0.2, -0.15) is 22.0 Å². The quantitative estimate of drug-likeness (QED) is 0.589. The Labute approximate surface area is 92.5 Å². The van der Waals surface area contributed by atoms with Crippen LogP contribution >= 0.6 is 0 Å². The van der Waals surface area contributed by atoms with Gasteiger partial charge in [-0.15, -0.1) is 5.10 Å². The molecule has 1 aromatic rings. The molecule has 1 aromatic heterocycles. The van der Waals surface area contributed by atoms with Gasteiger partial charge in [0.15, 0.2) is 0 Å². The van der Waals surface area contributed by atoms with Crippen LogP contribution in [0.15, 0.2) is 0 Å². The monoisotopic (exact) mass is 260 g/mol. The van der Waals surface area contributed by atoms with E-state index in [4.69, 9.17) is 0 Å². The number of alkyl halides is 5. The van der Waals surface area contributed by atoms with Crippen molar-refractivity contribution in [3.63, 3.8) is 0 Å². The van der Waals surface area contributed by atoms with Crippen LogP contribution in [0.4, 0.5) is 22.0 Å². The zero-order chi connectivity index (χ0) is 13.1. The summed E-state index contributed by atoms with van der Waals surface area (Å²) in [7, 11) is 0. The van der Waals surface area contributed by atoms with Crippen molar-refractivity contribution in [3.8, 4) is 0 Å². The van der Waals surface area contributed by atoms with Crippen molar-refractivity contribution in [2.24, 2.45) is 0 Å². The SMILES string of the molecule is Cc1nnnn1CCOCC(F)(F)C(F)(F)F. The molecule has 0 fully saturated rings. The Balaban J connectivity index is 2.32. The summed E-state index contributed by atoms with van der Waals surface area (Å²) in [6, 6.07) is 0. The van der Waals surface area contributed by atoms with Crippen LogP contribution in [0.3, 0.4) is 0 Å². The van der Waals surface area contributed by atoms with E-state index >= 15 is 0 Å². The Morgan fingerprint density at radius 2 is 1.88 bits per heavy atom. The molecule has 1 rings (SSSR count). The van der Waals surface area contributed by atoms with E-state index in [-0.39, 0.29) is 13.2 Å². The van der Waals surface area contributed by atoms with Gasteiger partial charge in [0.05, 0.1) is 13.2 Å². The minimum Gasteiger partial charge on any atom is -0.373 e. The minimum absolute atomic E-state index is 0.00672. The fourth-order valence-electron chi connectivity index (χ4n) is 0.889. The van der Waals surface area contributed by atoms with E-state index in [1.165, 1.54) is 4.68 Å². The highest BCUT2D eigenvalue weighted by Gasteiger charge is 2.57. The minimum atomic E-state index is -5.60. The van der Waals surface area contributed by atoms with E-state index in [2.05, 4.69) is 20.3 Å². The molecule has 0 spiro atoms. The third-order valence-electron chi connectivity index (χ3n) is 1.86. The summed E-state index contributed by atoms with van der Waals surface area (Å²) >= 11 is 0. The van der Waals surface area contributed by atoms with Gasteiger partial charge in [-0.25, -0.2) is 4.68 Å². The fraction of sp³-hybridized carbons (Fsp3) is 0.857. The van der Waals surface area contributed by atoms with Gasteiger partial charge in [-0.05, 0) is 17.4 Å². The van der Waals surface area contributed by atoms with E-state index in [9.17, 15) is 22.0 Å². The second kappa shape index (κ2) is 4.90. The van der Waals surface area contributed by atoms with Crippen LogP contribution in [0, 0.1) is 6.92 Å². The summed E-state index contributed by atoms with van der Waals surface area (Å²) < 4.78 is 65.4. The fourth-order valence-corrected chi connectivity index (χ4v) is 0.889. The molecule has 0 amide bonds. The molecule has 10 heteroatoms. The lowest BCUT2D eigenvalue weighted by atomic mass is 10.3. The summed E-state index contributed by atoms with van der Waals surface area (Å²) in [4.78, 5) is 0. The molecule has 0 aliphatic carbocycles. The van der Waals surface area contributed by atoms with Gasteiger partial charge in [-0.3, -0.25) is 0 Å². The third-order valence-corrected chi connectivity index (χ3v) is 1.86. The molecule has 0 saturated heterocycles. The van der Waals surface area contributed by atoms with Crippen molar-refractivity contribution in [2.45, 2.75) is 25.6 Å². The maximum atomic E-state index is 12.4. The molecule has 0 radical (unpaired) electrons. The van der Waals surface area contributed by atoms with Crippen LogP contribution in [-0.4, -0.2) is 45.5 Å². The molecule has 0 saturated carbocycles. The van der Waals surface area contributed by atoms with Crippen LogP contribution in [0.25, 0.3) is 0 Å². The van der Waals surface area contributed by atoms with Gasteiger partial charge in [0.25, 0.3) is 0 Å². The Kier molecular flexibility index (Phi) is 3.96. The number of rotatable bonds is 5. The lowest BCUT2D eigenvalue weighted by molar-refractivity contribution is -0.296. The normalized spacial score (nSPS) is 13.1. The van der Waals surface area contributed by atoms with Crippen molar-refractivity contribution in [3.05, 3.63) is 5.82 Å². The predicted molar refractivity (Wildman–Crippen MR) is 44.4 cm³/mol. The number of hydrogen-bond donors (Lipinski definition) is 0. The molecule has 0 atom stereocenters. The number of ether oxygens (including phenoxy) is 1. The Morgan fingerprint density at radius 3 is 2.35 bits per heavy atom. The van der Waals surface area contributed by atoms with E-state index < -0.39 is 18.7 Å². The maximum absolute atomic E-state index is 12.4. The average Bonchev–Trinajstić information content (AvgIpc) is 2.57. The van der Waals surface area contributed by atoms with Crippen molar-refractivity contribution in [1.29, 1.82) is 0 Å².